The van der Waals surface area contributed by atoms with Crippen LogP contribution in [-0.4, -0.2) is 35.6 Å². The molecular weight excluding hydrogens is 240 g/mol. The zero-order valence-electron chi connectivity index (χ0n) is 11.8. The fourth-order valence-corrected chi connectivity index (χ4v) is 2.57. The van der Waals surface area contributed by atoms with Crippen molar-refractivity contribution in [2.24, 2.45) is 0 Å². The minimum absolute atomic E-state index is 0.0825. The fraction of sp³-hybridized carbons (Fsp3) is 0.533. The molecule has 0 bridgehead atoms. The van der Waals surface area contributed by atoms with Gasteiger partial charge in [0.2, 0.25) is 5.91 Å². The third-order valence-electron chi connectivity index (χ3n) is 3.26. The molecule has 4 nitrogen and oxygen atoms in total. The molecular formula is C15H22N2O2. The number of anilines is 1. The number of ether oxygens (including phenoxy) is 1. The van der Waals surface area contributed by atoms with Gasteiger partial charge >= 0.3 is 0 Å². The molecule has 1 atom stereocenters. The van der Waals surface area contributed by atoms with Crippen LogP contribution in [0.5, 0.6) is 0 Å². The van der Waals surface area contributed by atoms with Crippen molar-refractivity contribution in [2.45, 2.75) is 38.9 Å². The number of nitrogens with zero attached hydrogens (tertiary/aromatic N) is 1. The van der Waals surface area contributed by atoms with Gasteiger partial charge in [0.1, 0.15) is 0 Å². The largest absolute Gasteiger partial charge is 0.399 e. The van der Waals surface area contributed by atoms with E-state index in [1.54, 1.807) is 0 Å². The van der Waals surface area contributed by atoms with Crippen molar-refractivity contribution in [3.8, 4) is 0 Å². The number of rotatable bonds is 2. The summed E-state index contributed by atoms with van der Waals surface area (Å²) >= 11 is 0. The molecule has 1 aromatic rings. The van der Waals surface area contributed by atoms with E-state index in [2.05, 4.69) is 0 Å². The van der Waals surface area contributed by atoms with Gasteiger partial charge < -0.3 is 15.4 Å². The molecule has 0 radical (unpaired) electrons. The number of nitrogen functional groups attached to an aromatic ring is 1. The van der Waals surface area contributed by atoms with E-state index in [1.165, 1.54) is 0 Å². The lowest BCUT2D eigenvalue weighted by Gasteiger charge is -2.41. The summed E-state index contributed by atoms with van der Waals surface area (Å²) in [6, 6.07) is 7.47. The summed E-state index contributed by atoms with van der Waals surface area (Å²) in [7, 11) is 0. The topological polar surface area (TPSA) is 55.6 Å². The summed E-state index contributed by atoms with van der Waals surface area (Å²) < 4.78 is 5.81. The molecule has 1 aliphatic heterocycles. The Bertz CT molecular complexity index is 454. The van der Waals surface area contributed by atoms with Gasteiger partial charge in [0, 0.05) is 18.8 Å². The maximum atomic E-state index is 12.3. The lowest BCUT2D eigenvalue weighted by Crippen LogP contribution is -2.54. The van der Waals surface area contributed by atoms with Gasteiger partial charge in [0.05, 0.1) is 18.1 Å². The van der Waals surface area contributed by atoms with E-state index in [4.69, 9.17) is 10.5 Å². The number of hydrogen-bond acceptors (Lipinski definition) is 3. The van der Waals surface area contributed by atoms with Crippen molar-refractivity contribution in [2.75, 3.05) is 18.8 Å². The van der Waals surface area contributed by atoms with E-state index in [0.717, 1.165) is 11.3 Å². The van der Waals surface area contributed by atoms with E-state index >= 15 is 0 Å². The van der Waals surface area contributed by atoms with Crippen molar-refractivity contribution in [3.05, 3.63) is 29.8 Å². The summed E-state index contributed by atoms with van der Waals surface area (Å²) in [5, 5.41) is 0. The van der Waals surface area contributed by atoms with Gasteiger partial charge in [0.25, 0.3) is 0 Å². The summed E-state index contributed by atoms with van der Waals surface area (Å²) in [6.45, 7) is 7.35. The van der Waals surface area contributed by atoms with Gasteiger partial charge in [-0.1, -0.05) is 12.1 Å². The van der Waals surface area contributed by atoms with Gasteiger partial charge in [-0.05, 0) is 38.5 Å². The summed E-state index contributed by atoms with van der Waals surface area (Å²) in [4.78, 5) is 14.2. The molecule has 4 heteroatoms. The second-order valence-corrected chi connectivity index (χ2v) is 5.88. The lowest BCUT2D eigenvalue weighted by molar-refractivity contribution is -0.157. The number of morpholine rings is 1. The average molecular weight is 262 g/mol. The Morgan fingerprint density at radius 2 is 2.05 bits per heavy atom. The van der Waals surface area contributed by atoms with Crippen molar-refractivity contribution in [3.63, 3.8) is 0 Å². The van der Waals surface area contributed by atoms with Crippen LogP contribution in [0.15, 0.2) is 24.3 Å². The quantitative estimate of drug-likeness (QED) is 0.827. The van der Waals surface area contributed by atoms with E-state index < -0.39 is 0 Å². The average Bonchev–Trinajstić information content (AvgIpc) is 2.29. The molecule has 2 N–H and O–H groups in total. The Balaban J connectivity index is 2.01. The highest BCUT2D eigenvalue weighted by Gasteiger charge is 2.33. The van der Waals surface area contributed by atoms with Gasteiger partial charge in [-0.3, -0.25) is 4.79 Å². The SMILES string of the molecule is CC1CN(C(=O)Cc2ccc(N)cc2)CC(C)(C)O1. The van der Waals surface area contributed by atoms with Crippen LogP contribution in [0.4, 0.5) is 5.69 Å². The Kier molecular flexibility index (Phi) is 3.80. The van der Waals surface area contributed by atoms with E-state index in [-0.39, 0.29) is 17.6 Å². The van der Waals surface area contributed by atoms with Crippen LogP contribution in [0.1, 0.15) is 26.3 Å². The highest BCUT2D eigenvalue weighted by atomic mass is 16.5. The molecule has 0 aromatic heterocycles. The molecule has 0 saturated carbocycles. The van der Waals surface area contributed by atoms with Gasteiger partial charge in [-0.15, -0.1) is 0 Å². The number of amides is 1. The van der Waals surface area contributed by atoms with Crippen LogP contribution in [0.25, 0.3) is 0 Å². The first kappa shape index (κ1) is 13.9. The Morgan fingerprint density at radius 3 is 2.63 bits per heavy atom. The number of nitrogens with two attached hydrogens (primary N) is 1. The third kappa shape index (κ3) is 3.70. The second-order valence-electron chi connectivity index (χ2n) is 5.88. The number of benzene rings is 1. The predicted molar refractivity (Wildman–Crippen MR) is 75.8 cm³/mol. The van der Waals surface area contributed by atoms with Crippen molar-refractivity contribution in [1.82, 2.24) is 4.90 Å². The van der Waals surface area contributed by atoms with Gasteiger partial charge in [0.15, 0.2) is 0 Å². The molecule has 1 aliphatic rings. The highest BCUT2D eigenvalue weighted by molar-refractivity contribution is 5.79. The van der Waals surface area contributed by atoms with Crippen LogP contribution in [0.3, 0.4) is 0 Å². The lowest BCUT2D eigenvalue weighted by atomic mass is 10.0. The summed E-state index contributed by atoms with van der Waals surface area (Å²) in [6.07, 6.45) is 0.502. The molecule has 0 aliphatic carbocycles. The standard InChI is InChI=1S/C15H22N2O2/c1-11-9-17(10-15(2,3)19-11)14(18)8-12-4-6-13(16)7-5-12/h4-7,11H,8-10,16H2,1-3H3. The summed E-state index contributed by atoms with van der Waals surface area (Å²) in [5.74, 6) is 0.146. The zero-order valence-corrected chi connectivity index (χ0v) is 11.8. The Morgan fingerprint density at radius 1 is 1.42 bits per heavy atom. The van der Waals surface area contributed by atoms with Crippen molar-refractivity contribution in [1.29, 1.82) is 0 Å². The predicted octanol–water partition coefficient (Wildman–Crippen LogP) is 1.84. The van der Waals surface area contributed by atoms with E-state index in [1.807, 2.05) is 49.9 Å². The molecule has 104 valence electrons. The van der Waals surface area contributed by atoms with Gasteiger partial charge in [-0.2, -0.15) is 0 Å². The van der Waals surface area contributed by atoms with Crippen LogP contribution in [-0.2, 0) is 16.0 Å². The molecule has 1 unspecified atom stereocenters. The molecule has 1 heterocycles. The van der Waals surface area contributed by atoms with E-state index in [9.17, 15) is 4.79 Å². The van der Waals surface area contributed by atoms with Crippen LogP contribution < -0.4 is 5.73 Å². The first-order valence-electron chi connectivity index (χ1n) is 6.66. The molecule has 2 rings (SSSR count). The number of hydrogen-bond donors (Lipinski definition) is 1. The second kappa shape index (κ2) is 5.21. The molecule has 1 saturated heterocycles. The maximum absolute atomic E-state index is 12.3. The van der Waals surface area contributed by atoms with Crippen molar-refractivity contribution < 1.29 is 9.53 Å². The number of carbonyl (C=O) groups is 1. The minimum Gasteiger partial charge on any atom is -0.399 e. The first-order chi connectivity index (χ1) is 8.85. The Hall–Kier alpha value is -1.55. The fourth-order valence-electron chi connectivity index (χ4n) is 2.57. The molecule has 19 heavy (non-hydrogen) atoms. The third-order valence-corrected chi connectivity index (χ3v) is 3.26. The summed E-state index contributed by atoms with van der Waals surface area (Å²) in [5.41, 5.74) is 7.09. The molecule has 1 aromatic carbocycles. The normalized spacial score (nSPS) is 22.3. The monoisotopic (exact) mass is 262 g/mol. The number of carbonyl (C=O) groups excluding carboxylic acids is 1. The van der Waals surface area contributed by atoms with Crippen LogP contribution >= 0.6 is 0 Å². The van der Waals surface area contributed by atoms with Gasteiger partial charge in [-0.25, -0.2) is 0 Å². The van der Waals surface area contributed by atoms with Crippen LogP contribution in [0.2, 0.25) is 0 Å². The van der Waals surface area contributed by atoms with Crippen molar-refractivity contribution >= 4 is 11.6 Å². The maximum Gasteiger partial charge on any atom is 0.227 e. The smallest absolute Gasteiger partial charge is 0.227 e. The van der Waals surface area contributed by atoms with E-state index in [0.29, 0.717) is 19.5 Å². The molecule has 1 amide bonds. The van der Waals surface area contributed by atoms with Crippen LogP contribution in [0, 0.1) is 0 Å². The minimum atomic E-state index is -0.269. The highest BCUT2D eigenvalue weighted by Crippen LogP contribution is 2.21. The Labute approximate surface area is 114 Å². The first-order valence-corrected chi connectivity index (χ1v) is 6.66. The zero-order chi connectivity index (χ0) is 14.0. The molecule has 1 fully saturated rings. The molecule has 0 spiro atoms.